The maximum Gasteiger partial charge on any atom is 0.164 e. The minimum atomic E-state index is 0.598. The number of nitrogens with zero attached hydrogens (tertiary/aromatic N) is 4. The van der Waals surface area contributed by atoms with Crippen LogP contribution < -0.4 is 0 Å². The standard InChI is InChI=1S/C65H38N4O/c1-2-13-39(14-3-1)40-25-28-43(29-26-40)63-66-64(68-65(67-63)56-36-46-18-7-8-19-48(46)50-21-10-11-22-51(50)56)47-30-27-42-32-34-59-60(54(42)37-47)53-23-12-24-57(62(53)70-59)69-58-38-45-17-5-4-16-44(45)35-55(58)52-33-31-41-15-6-9-20-49(41)61(52)69/h1-38H. The van der Waals surface area contributed by atoms with Crippen LogP contribution in [0.15, 0.2) is 235 Å². The molecule has 324 valence electrons. The number of hydrogen-bond donors (Lipinski definition) is 0. The molecule has 0 fully saturated rings. The van der Waals surface area contributed by atoms with Gasteiger partial charge in [0.2, 0.25) is 0 Å². The molecule has 15 rings (SSSR count). The van der Waals surface area contributed by atoms with Crippen molar-refractivity contribution in [1.29, 1.82) is 0 Å². The van der Waals surface area contributed by atoms with E-state index in [1.807, 2.05) is 6.07 Å². The average Bonchev–Trinajstić information content (AvgIpc) is 3.98. The fourth-order valence-corrected chi connectivity index (χ4v) is 11.1. The van der Waals surface area contributed by atoms with Crippen molar-refractivity contribution in [3.05, 3.63) is 231 Å². The topological polar surface area (TPSA) is 56.7 Å². The van der Waals surface area contributed by atoms with E-state index >= 15 is 0 Å². The lowest BCUT2D eigenvalue weighted by Gasteiger charge is -2.13. The van der Waals surface area contributed by atoms with Gasteiger partial charge in [0.25, 0.3) is 0 Å². The molecule has 0 atom stereocenters. The zero-order valence-electron chi connectivity index (χ0n) is 37.6. The Morgan fingerprint density at radius 1 is 0.314 bits per heavy atom. The van der Waals surface area contributed by atoms with Crippen molar-refractivity contribution in [3.8, 4) is 51.0 Å². The Morgan fingerprint density at radius 2 is 0.900 bits per heavy atom. The van der Waals surface area contributed by atoms with E-state index in [1.165, 1.54) is 43.2 Å². The van der Waals surface area contributed by atoms with Crippen molar-refractivity contribution < 1.29 is 4.42 Å². The minimum Gasteiger partial charge on any atom is -0.454 e. The van der Waals surface area contributed by atoms with Crippen molar-refractivity contribution >= 4 is 97.6 Å². The predicted octanol–water partition coefficient (Wildman–Crippen LogP) is 17.3. The van der Waals surface area contributed by atoms with E-state index in [0.29, 0.717) is 17.5 Å². The number of hydrogen-bond acceptors (Lipinski definition) is 4. The summed E-state index contributed by atoms with van der Waals surface area (Å²) in [5, 5.41) is 16.1. The quantitative estimate of drug-likeness (QED) is 0.162. The molecule has 0 unspecified atom stereocenters. The van der Waals surface area contributed by atoms with Gasteiger partial charge in [-0.25, -0.2) is 15.0 Å². The average molecular weight is 891 g/mol. The van der Waals surface area contributed by atoms with E-state index in [2.05, 4.69) is 229 Å². The lowest BCUT2D eigenvalue weighted by atomic mass is 9.96. The van der Waals surface area contributed by atoms with Gasteiger partial charge >= 0.3 is 0 Å². The molecule has 0 aliphatic heterocycles. The zero-order chi connectivity index (χ0) is 45.9. The number of para-hydroxylation sites is 1. The highest BCUT2D eigenvalue weighted by Crippen LogP contribution is 2.44. The molecular formula is C65H38N4O. The molecule has 0 aliphatic rings. The smallest absolute Gasteiger partial charge is 0.164 e. The highest BCUT2D eigenvalue weighted by Gasteiger charge is 2.22. The molecule has 3 heterocycles. The van der Waals surface area contributed by atoms with Gasteiger partial charge in [0.15, 0.2) is 23.1 Å². The van der Waals surface area contributed by atoms with E-state index in [4.69, 9.17) is 19.4 Å². The van der Waals surface area contributed by atoms with Crippen LogP contribution in [-0.2, 0) is 0 Å². The first kappa shape index (κ1) is 38.6. The number of rotatable bonds is 5. The Labute approximate surface area is 401 Å². The highest BCUT2D eigenvalue weighted by molar-refractivity contribution is 6.24. The summed E-state index contributed by atoms with van der Waals surface area (Å²) in [6, 6.07) is 82.2. The van der Waals surface area contributed by atoms with Gasteiger partial charge < -0.3 is 8.98 Å². The van der Waals surface area contributed by atoms with Crippen molar-refractivity contribution in [2.45, 2.75) is 0 Å². The summed E-state index contributed by atoms with van der Waals surface area (Å²) in [7, 11) is 0. The van der Waals surface area contributed by atoms with Crippen LogP contribution in [-0.4, -0.2) is 19.5 Å². The second kappa shape index (κ2) is 15.0. The third kappa shape index (κ3) is 5.88. The molecule has 0 aliphatic carbocycles. The third-order valence-corrected chi connectivity index (χ3v) is 14.4. The van der Waals surface area contributed by atoms with Gasteiger partial charge in [-0.2, -0.15) is 0 Å². The van der Waals surface area contributed by atoms with Gasteiger partial charge in [-0.1, -0.05) is 194 Å². The Kier molecular flexibility index (Phi) is 8.29. The molecule has 0 spiro atoms. The first-order chi connectivity index (χ1) is 34.7. The summed E-state index contributed by atoms with van der Waals surface area (Å²) in [6.07, 6.45) is 0. The fraction of sp³-hybridized carbons (Fsp3) is 0. The van der Waals surface area contributed by atoms with Crippen LogP contribution in [0.5, 0.6) is 0 Å². The number of benzene rings is 12. The lowest BCUT2D eigenvalue weighted by Crippen LogP contribution is -2.01. The van der Waals surface area contributed by atoms with Crippen LogP contribution in [0.4, 0.5) is 0 Å². The number of fused-ring (bicyclic) bond motifs is 14. The van der Waals surface area contributed by atoms with Crippen LogP contribution in [0.25, 0.3) is 149 Å². The van der Waals surface area contributed by atoms with E-state index < -0.39 is 0 Å². The Morgan fingerprint density at radius 3 is 1.73 bits per heavy atom. The van der Waals surface area contributed by atoms with Crippen molar-refractivity contribution in [2.24, 2.45) is 0 Å². The predicted molar refractivity (Wildman–Crippen MR) is 291 cm³/mol. The van der Waals surface area contributed by atoms with Gasteiger partial charge in [-0.3, -0.25) is 0 Å². The molecular weight excluding hydrogens is 853 g/mol. The molecule has 0 bridgehead atoms. The molecule has 0 radical (unpaired) electrons. The van der Waals surface area contributed by atoms with Gasteiger partial charge in [-0.05, 0) is 96.0 Å². The summed E-state index contributed by atoms with van der Waals surface area (Å²) >= 11 is 0. The van der Waals surface area contributed by atoms with Crippen LogP contribution in [0.1, 0.15) is 0 Å². The van der Waals surface area contributed by atoms with E-state index in [0.717, 1.165) is 87.9 Å². The van der Waals surface area contributed by atoms with Gasteiger partial charge in [0, 0.05) is 43.6 Å². The first-order valence-corrected chi connectivity index (χ1v) is 23.7. The summed E-state index contributed by atoms with van der Waals surface area (Å²) in [4.78, 5) is 15.9. The first-order valence-electron chi connectivity index (χ1n) is 23.7. The highest BCUT2D eigenvalue weighted by atomic mass is 16.3. The summed E-state index contributed by atoms with van der Waals surface area (Å²) in [5.74, 6) is 1.83. The maximum absolute atomic E-state index is 7.07. The monoisotopic (exact) mass is 890 g/mol. The zero-order valence-corrected chi connectivity index (χ0v) is 37.6. The summed E-state index contributed by atoms with van der Waals surface area (Å²) in [6.45, 7) is 0. The van der Waals surface area contributed by atoms with Crippen LogP contribution >= 0.6 is 0 Å². The Balaban J connectivity index is 0.956. The molecule has 70 heavy (non-hydrogen) atoms. The van der Waals surface area contributed by atoms with Crippen LogP contribution in [0.3, 0.4) is 0 Å². The number of furan rings is 1. The Hall–Kier alpha value is -9.45. The largest absolute Gasteiger partial charge is 0.454 e. The molecule has 0 saturated carbocycles. The van der Waals surface area contributed by atoms with E-state index in [9.17, 15) is 0 Å². The van der Waals surface area contributed by atoms with Crippen molar-refractivity contribution in [2.75, 3.05) is 0 Å². The maximum atomic E-state index is 7.07. The minimum absolute atomic E-state index is 0.598. The van der Waals surface area contributed by atoms with Gasteiger partial charge in [-0.15, -0.1) is 0 Å². The second-order valence-corrected chi connectivity index (χ2v) is 18.3. The van der Waals surface area contributed by atoms with Gasteiger partial charge in [0.05, 0.1) is 16.7 Å². The molecule has 0 N–H and O–H groups in total. The molecule has 3 aromatic heterocycles. The van der Waals surface area contributed by atoms with E-state index in [-0.39, 0.29) is 0 Å². The molecule has 5 nitrogen and oxygen atoms in total. The molecule has 15 aromatic rings. The molecule has 5 heteroatoms. The number of aromatic nitrogens is 4. The van der Waals surface area contributed by atoms with Crippen LogP contribution in [0, 0.1) is 0 Å². The lowest BCUT2D eigenvalue weighted by molar-refractivity contribution is 0.666. The summed E-state index contributed by atoms with van der Waals surface area (Å²) in [5.41, 5.74) is 10.0. The van der Waals surface area contributed by atoms with Crippen LogP contribution in [0.2, 0.25) is 0 Å². The SMILES string of the molecule is c1ccc(-c2ccc(-c3nc(-c4ccc5ccc6oc7c(-n8c9cc%10ccccc%10cc9c9ccc%10ccccc%10c98)cccc7c6c5c4)nc(-c4cc5ccccc5c5ccccc45)n3)cc2)cc1. The third-order valence-electron chi connectivity index (χ3n) is 14.4. The van der Waals surface area contributed by atoms with E-state index in [1.54, 1.807) is 0 Å². The fourth-order valence-electron chi connectivity index (χ4n) is 11.1. The van der Waals surface area contributed by atoms with Crippen molar-refractivity contribution in [1.82, 2.24) is 19.5 Å². The molecule has 0 amide bonds. The normalized spacial score (nSPS) is 12.0. The second-order valence-electron chi connectivity index (χ2n) is 18.3. The molecule has 12 aromatic carbocycles. The summed E-state index contributed by atoms with van der Waals surface area (Å²) < 4.78 is 9.49. The van der Waals surface area contributed by atoms with Gasteiger partial charge in [0.1, 0.15) is 5.58 Å². The Bertz CT molecular complexity index is 4640. The molecule has 0 saturated heterocycles. The van der Waals surface area contributed by atoms with Crippen molar-refractivity contribution in [3.63, 3.8) is 0 Å².